The largest absolute Gasteiger partial charge is 0.462 e. The molecule has 2 aliphatic heterocycles. The maximum Gasteiger partial charge on any atom is 0.332 e. The zero-order chi connectivity index (χ0) is 14.2. The minimum absolute atomic E-state index is 0. The second-order valence-electron chi connectivity index (χ2n) is 2.57. The number of carbonyl (C=O) groups excluding carboxylic acids is 2. The predicted octanol–water partition coefficient (Wildman–Crippen LogP) is 2.16. The summed E-state index contributed by atoms with van der Waals surface area (Å²) < 4.78 is 18.3. The average molecular weight is 280 g/mol. The number of hydrogen-bond acceptors (Lipinski definition) is 6. The maximum absolute atomic E-state index is 10.2. The van der Waals surface area contributed by atoms with E-state index < -0.39 is 0 Å². The van der Waals surface area contributed by atoms with Gasteiger partial charge in [0.25, 0.3) is 0 Å². The summed E-state index contributed by atoms with van der Waals surface area (Å²) in [6.07, 6.45) is 0.403. The lowest BCUT2D eigenvalue weighted by Gasteiger charge is -2.09. The van der Waals surface area contributed by atoms with E-state index >= 15 is 0 Å². The van der Waals surface area contributed by atoms with Gasteiger partial charge in [-0.3, -0.25) is 4.79 Å². The van der Waals surface area contributed by atoms with Gasteiger partial charge in [-0.25, -0.2) is 4.79 Å². The van der Waals surface area contributed by atoms with Crippen LogP contribution >= 0.6 is 0 Å². The standard InChI is InChI=1S/2C4H6O3.2C2H6.CH4/c5-4-3-6-1-2-7-4;5-4-1-2-6-3-7-4;2*1-2;/h2*1-3H2;2*1-2H3;1H4. The van der Waals surface area contributed by atoms with E-state index in [-0.39, 0.29) is 32.8 Å². The van der Waals surface area contributed by atoms with Crippen molar-refractivity contribution in [2.45, 2.75) is 41.5 Å². The number of rotatable bonds is 0. The third-order valence-electron chi connectivity index (χ3n) is 1.46. The zero-order valence-corrected chi connectivity index (χ0v) is 11.7. The smallest absolute Gasteiger partial charge is 0.332 e. The summed E-state index contributed by atoms with van der Waals surface area (Å²) in [4.78, 5) is 20.3. The highest BCUT2D eigenvalue weighted by Gasteiger charge is 2.07. The first kappa shape index (κ1) is 23.0. The summed E-state index contributed by atoms with van der Waals surface area (Å²) in [6.45, 7) is 9.74. The van der Waals surface area contributed by atoms with Gasteiger partial charge in [0.2, 0.25) is 0 Å². The Labute approximate surface area is 116 Å². The Balaban J connectivity index is -0.000000205. The van der Waals surface area contributed by atoms with Crippen LogP contribution in [0.3, 0.4) is 0 Å². The molecule has 116 valence electrons. The highest BCUT2D eigenvalue weighted by Crippen LogP contribution is 1.94. The first-order valence-electron chi connectivity index (χ1n) is 6.26. The normalized spacial score (nSPS) is 16.4. The molecule has 0 bridgehead atoms. The SMILES string of the molecule is C.CC.CC.O=C1CCOCO1.O=C1COCCO1. The van der Waals surface area contributed by atoms with Crippen LogP contribution in [0.15, 0.2) is 0 Å². The van der Waals surface area contributed by atoms with Crippen molar-refractivity contribution in [2.75, 3.05) is 33.2 Å². The van der Waals surface area contributed by atoms with Crippen LogP contribution in [0, 0.1) is 0 Å². The maximum atomic E-state index is 10.2. The first-order valence-corrected chi connectivity index (χ1v) is 6.26. The second-order valence-corrected chi connectivity index (χ2v) is 2.57. The van der Waals surface area contributed by atoms with Gasteiger partial charge in [0.05, 0.1) is 19.6 Å². The fraction of sp³-hybridized carbons (Fsp3) is 0.846. The van der Waals surface area contributed by atoms with Crippen molar-refractivity contribution in [1.82, 2.24) is 0 Å². The number of carbonyl (C=O) groups is 2. The Morgan fingerprint density at radius 2 is 1.42 bits per heavy atom. The third kappa shape index (κ3) is 16.9. The van der Waals surface area contributed by atoms with Crippen molar-refractivity contribution >= 4 is 11.9 Å². The molecule has 2 rings (SSSR count). The average Bonchev–Trinajstić information content (AvgIpc) is 2.46. The van der Waals surface area contributed by atoms with Crippen LogP contribution in [0.4, 0.5) is 0 Å². The second kappa shape index (κ2) is 19.2. The summed E-state index contributed by atoms with van der Waals surface area (Å²) in [5.41, 5.74) is 0. The molecule has 0 saturated carbocycles. The summed E-state index contributed by atoms with van der Waals surface area (Å²) in [6, 6.07) is 0. The molecule has 2 heterocycles. The molecular weight excluding hydrogens is 252 g/mol. The van der Waals surface area contributed by atoms with E-state index in [1.54, 1.807) is 0 Å². The Bertz CT molecular complexity index is 167. The molecule has 2 fully saturated rings. The van der Waals surface area contributed by atoms with Gasteiger partial charge < -0.3 is 18.9 Å². The quantitative estimate of drug-likeness (QED) is 0.633. The van der Waals surface area contributed by atoms with Crippen LogP contribution in [0.2, 0.25) is 0 Å². The van der Waals surface area contributed by atoms with E-state index in [2.05, 4.69) is 9.47 Å². The van der Waals surface area contributed by atoms with Gasteiger partial charge in [0.15, 0.2) is 6.79 Å². The Hall–Kier alpha value is -1.14. The molecule has 0 radical (unpaired) electrons. The lowest BCUT2D eigenvalue weighted by molar-refractivity contribution is -0.168. The van der Waals surface area contributed by atoms with Gasteiger partial charge in [-0.15, -0.1) is 0 Å². The first-order chi connectivity index (χ1) is 8.79. The van der Waals surface area contributed by atoms with Gasteiger partial charge in [-0.05, 0) is 0 Å². The number of esters is 2. The van der Waals surface area contributed by atoms with Crippen LogP contribution in [-0.2, 0) is 28.5 Å². The molecule has 0 aliphatic carbocycles. The summed E-state index contributed by atoms with van der Waals surface area (Å²) in [7, 11) is 0. The predicted molar refractivity (Wildman–Crippen MR) is 72.7 cm³/mol. The fourth-order valence-electron chi connectivity index (χ4n) is 0.806. The van der Waals surface area contributed by atoms with Gasteiger partial charge >= 0.3 is 11.9 Å². The zero-order valence-electron chi connectivity index (χ0n) is 11.7. The van der Waals surface area contributed by atoms with Crippen molar-refractivity contribution in [3.05, 3.63) is 0 Å². The van der Waals surface area contributed by atoms with E-state index in [4.69, 9.17) is 9.47 Å². The van der Waals surface area contributed by atoms with Crippen molar-refractivity contribution in [1.29, 1.82) is 0 Å². The van der Waals surface area contributed by atoms with Crippen LogP contribution in [-0.4, -0.2) is 45.2 Å². The number of ether oxygens (including phenoxy) is 4. The molecule has 0 N–H and O–H groups in total. The Morgan fingerprint density at radius 3 is 1.63 bits per heavy atom. The van der Waals surface area contributed by atoms with Gasteiger partial charge in [-0.2, -0.15) is 0 Å². The van der Waals surface area contributed by atoms with Crippen LogP contribution in [0.5, 0.6) is 0 Å². The molecule has 2 saturated heterocycles. The summed E-state index contributed by atoms with van der Waals surface area (Å²) in [5, 5.41) is 0. The third-order valence-corrected chi connectivity index (χ3v) is 1.46. The molecule has 19 heavy (non-hydrogen) atoms. The summed E-state index contributed by atoms with van der Waals surface area (Å²) in [5.74, 6) is -0.419. The monoisotopic (exact) mass is 280 g/mol. The van der Waals surface area contributed by atoms with Crippen molar-refractivity contribution < 1.29 is 28.5 Å². The van der Waals surface area contributed by atoms with Crippen molar-refractivity contribution in [2.24, 2.45) is 0 Å². The molecule has 6 heteroatoms. The van der Waals surface area contributed by atoms with E-state index in [1.165, 1.54) is 0 Å². The Morgan fingerprint density at radius 1 is 0.789 bits per heavy atom. The minimum atomic E-state index is -0.258. The van der Waals surface area contributed by atoms with Crippen LogP contribution in [0.25, 0.3) is 0 Å². The lowest BCUT2D eigenvalue weighted by Crippen LogP contribution is -2.22. The molecule has 0 amide bonds. The molecule has 6 nitrogen and oxygen atoms in total. The molecule has 0 aromatic heterocycles. The highest BCUT2D eigenvalue weighted by atomic mass is 16.7. The molecule has 0 aromatic carbocycles. The van der Waals surface area contributed by atoms with Crippen LogP contribution < -0.4 is 0 Å². The lowest BCUT2D eigenvalue weighted by atomic mass is 10.5. The van der Waals surface area contributed by atoms with E-state index in [1.807, 2.05) is 27.7 Å². The van der Waals surface area contributed by atoms with Crippen molar-refractivity contribution in [3.63, 3.8) is 0 Å². The molecule has 2 aliphatic rings. The van der Waals surface area contributed by atoms with Gasteiger partial charge in [0.1, 0.15) is 13.2 Å². The molecule has 0 spiro atoms. The van der Waals surface area contributed by atoms with Gasteiger partial charge in [-0.1, -0.05) is 35.1 Å². The topological polar surface area (TPSA) is 71.1 Å². The van der Waals surface area contributed by atoms with Gasteiger partial charge in [0, 0.05) is 0 Å². The van der Waals surface area contributed by atoms with Crippen molar-refractivity contribution in [3.8, 4) is 0 Å². The molecule has 0 aromatic rings. The highest BCUT2D eigenvalue weighted by molar-refractivity contribution is 5.71. The molecule has 0 atom stereocenters. The Kier molecular flexibility index (Phi) is 23.2. The van der Waals surface area contributed by atoms with E-state index in [0.717, 1.165) is 0 Å². The van der Waals surface area contributed by atoms with Crippen LogP contribution in [0.1, 0.15) is 41.5 Å². The minimum Gasteiger partial charge on any atom is -0.462 e. The summed E-state index contributed by atoms with van der Waals surface area (Å²) >= 11 is 0. The fourth-order valence-corrected chi connectivity index (χ4v) is 0.806. The van der Waals surface area contributed by atoms with E-state index in [0.29, 0.717) is 26.2 Å². The molecular formula is C13H28O6. The number of cyclic esters (lactones) is 2. The van der Waals surface area contributed by atoms with E-state index in [9.17, 15) is 9.59 Å². The molecule has 0 unspecified atom stereocenters. The number of hydrogen-bond donors (Lipinski definition) is 0.